The Kier molecular flexibility index (Phi) is 5.18. The molecule has 0 saturated carbocycles. The van der Waals surface area contributed by atoms with E-state index in [-0.39, 0.29) is 5.92 Å². The Bertz CT molecular complexity index is 658. The van der Waals surface area contributed by atoms with Crippen LogP contribution < -0.4 is 16.6 Å². The molecule has 0 aliphatic rings. The Morgan fingerprint density at radius 2 is 1.81 bits per heavy atom. The monoisotopic (exact) mass is 413 g/mol. The molecule has 0 spiro atoms. The fourth-order valence-corrected chi connectivity index (χ4v) is 2.92. The van der Waals surface area contributed by atoms with Gasteiger partial charge in [-0.05, 0) is 41.1 Å². The highest BCUT2D eigenvalue weighted by atomic mass is 79.9. The molecule has 1 heterocycles. The second-order valence-corrected chi connectivity index (χ2v) is 6.72. The second-order valence-electron chi connectivity index (χ2n) is 4.95. The van der Waals surface area contributed by atoms with Crippen LogP contribution in [0.2, 0.25) is 0 Å². The maximum atomic E-state index is 5.55. The van der Waals surface area contributed by atoms with Crippen molar-refractivity contribution in [2.24, 2.45) is 5.84 Å². The van der Waals surface area contributed by atoms with Crippen LogP contribution in [0.3, 0.4) is 0 Å². The van der Waals surface area contributed by atoms with E-state index in [9.17, 15) is 0 Å². The molecule has 112 valence electrons. The maximum Gasteiger partial charge on any atom is 0.148 e. The van der Waals surface area contributed by atoms with Gasteiger partial charge in [0.05, 0.1) is 5.69 Å². The molecule has 0 saturated heterocycles. The summed E-state index contributed by atoms with van der Waals surface area (Å²) in [5, 5.41) is 3.32. The molecule has 0 aliphatic heterocycles. The number of aromatic nitrogens is 2. The van der Waals surface area contributed by atoms with Gasteiger partial charge < -0.3 is 10.7 Å². The molecular weight excluding hydrogens is 398 g/mol. The van der Waals surface area contributed by atoms with Crippen molar-refractivity contribution < 1.29 is 0 Å². The number of nitrogens with two attached hydrogens (primary N) is 1. The summed E-state index contributed by atoms with van der Waals surface area (Å²) in [7, 11) is 0. The quantitative estimate of drug-likeness (QED) is 0.508. The number of nitrogen functional groups attached to an aromatic ring is 1. The van der Waals surface area contributed by atoms with Crippen molar-refractivity contribution in [2.45, 2.75) is 26.7 Å². The number of hydrogen-bond acceptors (Lipinski definition) is 5. The molecule has 2 aromatic rings. The van der Waals surface area contributed by atoms with Gasteiger partial charge in [-0.2, -0.15) is 0 Å². The van der Waals surface area contributed by atoms with Gasteiger partial charge in [0, 0.05) is 20.4 Å². The number of anilines is 3. The highest BCUT2D eigenvalue weighted by Crippen LogP contribution is 2.31. The maximum absolute atomic E-state index is 5.55. The van der Waals surface area contributed by atoms with Gasteiger partial charge in [0.1, 0.15) is 17.5 Å². The molecule has 0 amide bonds. The fraction of sp³-hybridized carbons (Fsp3) is 0.286. The van der Waals surface area contributed by atoms with E-state index in [1.165, 1.54) is 0 Å². The first kappa shape index (κ1) is 16.2. The summed E-state index contributed by atoms with van der Waals surface area (Å²) < 4.78 is 1.95. The van der Waals surface area contributed by atoms with Gasteiger partial charge in [-0.15, -0.1) is 0 Å². The zero-order chi connectivity index (χ0) is 15.6. The number of nitrogens with one attached hydrogen (secondary N) is 2. The zero-order valence-corrected chi connectivity index (χ0v) is 15.2. The number of benzene rings is 1. The summed E-state index contributed by atoms with van der Waals surface area (Å²) in [6.45, 7) is 6.02. The number of rotatable bonds is 4. The molecule has 21 heavy (non-hydrogen) atoms. The average molecular weight is 415 g/mol. The molecule has 1 aromatic heterocycles. The van der Waals surface area contributed by atoms with Gasteiger partial charge in [0.25, 0.3) is 0 Å². The molecule has 0 bridgehead atoms. The van der Waals surface area contributed by atoms with Crippen molar-refractivity contribution in [2.75, 3.05) is 10.7 Å². The van der Waals surface area contributed by atoms with Gasteiger partial charge in [-0.3, -0.25) is 0 Å². The number of halogens is 2. The van der Waals surface area contributed by atoms with E-state index < -0.39 is 0 Å². The lowest BCUT2D eigenvalue weighted by atomic mass is 10.2. The van der Waals surface area contributed by atoms with Crippen LogP contribution >= 0.6 is 31.9 Å². The molecule has 5 nitrogen and oxygen atoms in total. The summed E-state index contributed by atoms with van der Waals surface area (Å²) in [5.74, 6) is 7.87. The summed E-state index contributed by atoms with van der Waals surface area (Å²) >= 11 is 6.98. The van der Waals surface area contributed by atoms with E-state index in [2.05, 4.69) is 52.6 Å². The first-order valence-electron chi connectivity index (χ1n) is 6.49. The number of hydrogen-bond donors (Lipinski definition) is 3. The van der Waals surface area contributed by atoms with Gasteiger partial charge in [0.2, 0.25) is 0 Å². The zero-order valence-electron chi connectivity index (χ0n) is 12.0. The Hall–Kier alpha value is -1.18. The van der Waals surface area contributed by atoms with Gasteiger partial charge in [-0.1, -0.05) is 29.8 Å². The van der Waals surface area contributed by atoms with Crippen molar-refractivity contribution >= 4 is 49.2 Å². The molecule has 0 fully saturated rings. The van der Waals surface area contributed by atoms with E-state index in [4.69, 9.17) is 5.84 Å². The molecule has 4 N–H and O–H groups in total. The van der Waals surface area contributed by atoms with Crippen LogP contribution in [0.5, 0.6) is 0 Å². The molecule has 1 aromatic carbocycles. The Balaban J connectivity index is 2.45. The van der Waals surface area contributed by atoms with Crippen LogP contribution in [-0.2, 0) is 0 Å². The SMILES string of the molecule is Cc1c(NN)nc(C(C)C)nc1Nc1ccc(Br)cc1Br. The molecule has 0 aliphatic carbocycles. The molecule has 0 atom stereocenters. The first-order valence-corrected chi connectivity index (χ1v) is 8.08. The van der Waals surface area contributed by atoms with E-state index in [1.807, 2.05) is 39.0 Å². The van der Waals surface area contributed by atoms with Gasteiger partial charge >= 0.3 is 0 Å². The average Bonchev–Trinajstić information content (AvgIpc) is 2.43. The van der Waals surface area contributed by atoms with E-state index in [0.29, 0.717) is 5.82 Å². The normalized spacial score (nSPS) is 10.8. The minimum Gasteiger partial charge on any atom is -0.339 e. The van der Waals surface area contributed by atoms with Crippen LogP contribution in [-0.4, -0.2) is 9.97 Å². The summed E-state index contributed by atoms with van der Waals surface area (Å²) in [6, 6.07) is 5.92. The summed E-state index contributed by atoms with van der Waals surface area (Å²) in [4.78, 5) is 9.01. The Morgan fingerprint density at radius 1 is 1.14 bits per heavy atom. The van der Waals surface area contributed by atoms with Crippen LogP contribution in [0.1, 0.15) is 31.2 Å². The van der Waals surface area contributed by atoms with Crippen molar-refractivity contribution in [1.29, 1.82) is 0 Å². The van der Waals surface area contributed by atoms with Crippen LogP contribution in [0.25, 0.3) is 0 Å². The fourth-order valence-electron chi connectivity index (χ4n) is 1.77. The predicted octanol–water partition coefficient (Wildman–Crippen LogP) is 4.46. The predicted molar refractivity (Wildman–Crippen MR) is 93.8 cm³/mol. The van der Waals surface area contributed by atoms with Gasteiger partial charge in [-0.25, -0.2) is 15.8 Å². The highest BCUT2D eigenvalue weighted by Gasteiger charge is 2.13. The largest absolute Gasteiger partial charge is 0.339 e. The number of hydrazine groups is 1. The molecule has 2 rings (SSSR count). The summed E-state index contributed by atoms with van der Waals surface area (Å²) in [5.41, 5.74) is 4.43. The Morgan fingerprint density at radius 3 is 2.38 bits per heavy atom. The van der Waals surface area contributed by atoms with Crippen molar-refractivity contribution in [3.05, 3.63) is 38.5 Å². The smallest absolute Gasteiger partial charge is 0.148 e. The molecular formula is C14H17Br2N5. The summed E-state index contributed by atoms with van der Waals surface area (Å²) in [6.07, 6.45) is 0. The van der Waals surface area contributed by atoms with Crippen molar-refractivity contribution in [1.82, 2.24) is 9.97 Å². The molecule has 0 unspecified atom stereocenters. The van der Waals surface area contributed by atoms with E-state index in [1.54, 1.807) is 0 Å². The Labute approximate surface area is 141 Å². The topological polar surface area (TPSA) is 75.9 Å². The van der Waals surface area contributed by atoms with Gasteiger partial charge in [0.15, 0.2) is 0 Å². The molecule has 7 heteroatoms. The van der Waals surface area contributed by atoms with Crippen LogP contribution in [0.15, 0.2) is 27.1 Å². The lowest BCUT2D eigenvalue weighted by Gasteiger charge is -2.15. The lowest BCUT2D eigenvalue weighted by Crippen LogP contribution is -2.14. The van der Waals surface area contributed by atoms with Crippen molar-refractivity contribution in [3.8, 4) is 0 Å². The third-order valence-electron chi connectivity index (χ3n) is 3.00. The van der Waals surface area contributed by atoms with Crippen molar-refractivity contribution in [3.63, 3.8) is 0 Å². The minimum absolute atomic E-state index is 0.214. The van der Waals surface area contributed by atoms with E-state index >= 15 is 0 Å². The van der Waals surface area contributed by atoms with E-state index in [0.717, 1.165) is 31.8 Å². The third-order valence-corrected chi connectivity index (χ3v) is 4.15. The van der Waals surface area contributed by atoms with Crippen LogP contribution in [0.4, 0.5) is 17.3 Å². The molecule has 0 radical (unpaired) electrons. The first-order chi connectivity index (χ1) is 9.92. The highest BCUT2D eigenvalue weighted by molar-refractivity contribution is 9.11. The third kappa shape index (κ3) is 3.72. The lowest BCUT2D eigenvalue weighted by molar-refractivity contribution is 0.774. The number of nitrogens with zero attached hydrogens (tertiary/aromatic N) is 2. The standard InChI is InChI=1S/C14H17Br2N5/c1-7(2)12-19-13(8(3)14(20-12)21-17)18-11-5-4-9(15)6-10(11)16/h4-7H,17H2,1-3H3,(H2,18,19,20,21). The van der Waals surface area contributed by atoms with Crippen LogP contribution in [0, 0.1) is 6.92 Å². The minimum atomic E-state index is 0.214. The second kappa shape index (κ2) is 6.72.